The number of nitrogens with one attached hydrogen (secondary N) is 1. The highest BCUT2D eigenvalue weighted by Crippen LogP contribution is 2.30. The number of hydrogen-bond donors (Lipinski definition) is 1. The maximum Gasteiger partial charge on any atom is 0.126 e. The number of ether oxygens (including phenoxy) is 1. The molecule has 1 N–H and O–H groups in total. The van der Waals surface area contributed by atoms with Crippen LogP contribution in [0.25, 0.3) is 0 Å². The van der Waals surface area contributed by atoms with E-state index >= 15 is 0 Å². The van der Waals surface area contributed by atoms with E-state index in [2.05, 4.69) is 11.4 Å². The smallest absolute Gasteiger partial charge is 0.126 e. The molecule has 1 aromatic carbocycles. The van der Waals surface area contributed by atoms with Crippen molar-refractivity contribution in [2.24, 2.45) is 0 Å². The summed E-state index contributed by atoms with van der Waals surface area (Å²) in [5.74, 6) is 0.450. The van der Waals surface area contributed by atoms with Gasteiger partial charge in [0.05, 0.1) is 6.07 Å². The van der Waals surface area contributed by atoms with Crippen molar-refractivity contribution in [3.8, 4) is 11.8 Å². The number of nitrogens with zero attached hydrogens (tertiary/aromatic N) is 1. The largest absolute Gasteiger partial charge is 0.490 e. The minimum absolute atomic E-state index is 0.00529. The van der Waals surface area contributed by atoms with Crippen LogP contribution in [0.5, 0.6) is 5.75 Å². The van der Waals surface area contributed by atoms with Gasteiger partial charge in [-0.3, -0.25) is 0 Å². The first kappa shape index (κ1) is 13.8. The van der Waals surface area contributed by atoms with Gasteiger partial charge in [-0.1, -0.05) is 0 Å². The van der Waals surface area contributed by atoms with E-state index in [1.807, 2.05) is 7.05 Å². The van der Waals surface area contributed by atoms with Gasteiger partial charge in [0.25, 0.3) is 0 Å². The quantitative estimate of drug-likeness (QED) is 0.911. The normalized spacial score (nSPS) is 26.7. The van der Waals surface area contributed by atoms with Gasteiger partial charge in [0.1, 0.15) is 23.2 Å². The molecule has 1 aromatic rings. The first-order valence-corrected chi connectivity index (χ1v) is 6.61. The predicted molar refractivity (Wildman–Crippen MR) is 71.4 cm³/mol. The van der Waals surface area contributed by atoms with Crippen molar-refractivity contribution in [2.75, 3.05) is 7.05 Å². The van der Waals surface area contributed by atoms with Crippen LogP contribution in [0.15, 0.2) is 18.2 Å². The lowest BCUT2D eigenvalue weighted by Gasteiger charge is -2.35. The van der Waals surface area contributed by atoms with Crippen LogP contribution >= 0.6 is 0 Å². The summed E-state index contributed by atoms with van der Waals surface area (Å²) in [7, 11) is 1.81. The average molecular weight is 262 g/mol. The fraction of sp³-hybridized carbons (Fsp3) is 0.533. The van der Waals surface area contributed by atoms with Gasteiger partial charge >= 0.3 is 0 Å². The molecule has 1 fully saturated rings. The van der Waals surface area contributed by atoms with Gasteiger partial charge in [-0.2, -0.15) is 5.26 Å². The zero-order valence-electron chi connectivity index (χ0n) is 11.4. The minimum Gasteiger partial charge on any atom is -0.490 e. The molecule has 0 heterocycles. The molecule has 0 spiro atoms. The van der Waals surface area contributed by atoms with Crippen LogP contribution in [0, 0.1) is 24.1 Å². The molecule has 0 aromatic heterocycles. The van der Waals surface area contributed by atoms with E-state index in [1.165, 1.54) is 6.07 Å². The predicted octanol–water partition coefficient (Wildman–Crippen LogP) is 2.94. The van der Waals surface area contributed by atoms with Crippen LogP contribution in [0.1, 0.15) is 31.2 Å². The van der Waals surface area contributed by atoms with E-state index in [0.29, 0.717) is 17.7 Å². The zero-order chi connectivity index (χ0) is 13.9. The van der Waals surface area contributed by atoms with Crippen molar-refractivity contribution in [3.05, 3.63) is 29.6 Å². The van der Waals surface area contributed by atoms with Gasteiger partial charge in [0.2, 0.25) is 0 Å². The minimum atomic E-state index is -0.488. The monoisotopic (exact) mass is 262 g/mol. The molecule has 3 nitrogen and oxygen atoms in total. The third-order valence-corrected chi connectivity index (χ3v) is 3.83. The Morgan fingerprint density at radius 3 is 2.95 bits per heavy atom. The second-order valence-corrected chi connectivity index (χ2v) is 5.19. The third-order valence-electron chi connectivity index (χ3n) is 3.83. The first-order chi connectivity index (χ1) is 9.08. The van der Waals surface area contributed by atoms with E-state index in [-0.39, 0.29) is 11.9 Å². The Labute approximate surface area is 113 Å². The number of hydrogen-bond acceptors (Lipinski definition) is 3. The Kier molecular flexibility index (Phi) is 4.06. The van der Waals surface area contributed by atoms with Crippen molar-refractivity contribution in [1.29, 1.82) is 5.26 Å². The van der Waals surface area contributed by atoms with Gasteiger partial charge in [0.15, 0.2) is 0 Å². The van der Waals surface area contributed by atoms with Gasteiger partial charge in [-0.15, -0.1) is 0 Å². The van der Waals surface area contributed by atoms with Crippen LogP contribution in [0.2, 0.25) is 0 Å². The van der Waals surface area contributed by atoms with Crippen molar-refractivity contribution >= 4 is 0 Å². The lowest BCUT2D eigenvalue weighted by atomic mass is 9.81. The number of benzene rings is 1. The Morgan fingerprint density at radius 1 is 1.53 bits per heavy atom. The molecular weight excluding hydrogens is 243 g/mol. The summed E-state index contributed by atoms with van der Waals surface area (Å²) in [6.07, 6.45) is 3.41. The second-order valence-electron chi connectivity index (χ2n) is 5.19. The molecule has 1 aliphatic carbocycles. The Morgan fingerprint density at radius 2 is 2.32 bits per heavy atom. The SMILES string of the molecule is CNC1(C#N)CCCC(Oc2ccc(F)c(C)c2)C1. The molecule has 0 saturated heterocycles. The highest BCUT2D eigenvalue weighted by molar-refractivity contribution is 5.29. The van der Waals surface area contributed by atoms with E-state index < -0.39 is 5.54 Å². The van der Waals surface area contributed by atoms with Crippen molar-refractivity contribution in [3.63, 3.8) is 0 Å². The highest BCUT2D eigenvalue weighted by Gasteiger charge is 2.36. The molecule has 2 atom stereocenters. The van der Waals surface area contributed by atoms with Crippen molar-refractivity contribution < 1.29 is 9.13 Å². The van der Waals surface area contributed by atoms with Crippen LogP contribution in [0.3, 0.4) is 0 Å². The molecule has 0 aliphatic heterocycles. The van der Waals surface area contributed by atoms with E-state index in [4.69, 9.17) is 4.74 Å². The maximum absolute atomic E-state index is 13.2. The molecule has 102 valence electrons. The van der Waals surface area contributed by atoms with Gasteiger partial charge < -0.3 is 10.1 Å². The molecule has 1 aliphatic rings. The highest BCUT2D eigenvalue weighted by atomic mass is 19.1. The van der Waals surface area contributed by atoms with Crippen LogP contribution < -0.4 is 10.1 Å². The molecule has 0 bridgehead atoms. The lowest BCUT2D eigenvalue weighted by molar-refractivity contribution is 0.116. The third kappa shape index (κ3) is 3.05. The standard InChI is InChI=1S/C15H19FN2O/c1-11-8-12(5-6-14(11)16)19-13-4-3-7-15(9-13,10-17)18-2/h5-6,8,13,18H,3-4,7,9H2,1-2H3. The molecule has 0 amide bonds. The fourth-order valence-electron chi connectivity index (χ4n) is 2.59. The molecular formula is C15H19FN2O. The number of nitriles is 1. The molecule has 1 saturated carbocycles. The number of halogens is 1. The first-order valence-electron chi connectivity index (χ1n) is 6.61. The van der Waals surface area contributed by atoms with Crippen LogP contribution in [-0.2, 0) is 0 Å². The number of rotatable bonds is 3. The van der Waals surface area contributed by atoms with Crippen molar-refractivity contribution in [2.45, 2.75) is 44.2 Å². The van der Waals surface area contributed by atoms with Gasteiger partial charge in [0, 0.05) is 6.42 Å². The molecule has 2 rings (SSSR count). The second kappa shape index (κ2) is 5.58. The van der Waals surface area contributed by atoms with E-state index in [9.17, 15) is 9.65 Å². The summed E-state index contributed by atoms with van der Waals surface area (Å²) in [5.41, 5.74) is 0.0892. The topological polar surface area (TPSA) is 45.0 Å². The Hall–Kier alpha value is -1.60. The van der Waals surface area contributed by atoms with E-state index in [0.717, 1.165) is 19.3 Å². The van der Waals surface area contributed by atoms with Gasteiger partial charge in [-0.05, 0) is 57.0 Å². The summed E-state index contributed by atoms with van der Waals surface area (Å²) in [6.45, 7) is 1.72. The molecule has 2 unspecified atom stereocenters. The van der Waals surface area contributed by atoms with E-state index in [1.54, 1.807) is 19.1 Å². The molecule has 19 heavy (non-hydrogen) atoms. The van der Waals surface area contributed by atoms with Crippen molar-refractivity contribution in [1.82, 2.24) is 5.32 Å². The molecule has 4 heteroatoms. The summed E-state index contributed by atoms with van der Waals surface area (Å²) < 4.78 is 19.1. The van der Waals surface area contributed by atoms with Gasteiger partial charge in [-0.25, -0.2) is 4.39 Å². The summed E-state index contributed by atoms with van der Waals surface area (Å²) in [4.78, 5) is 0. The maximum atomic E-state index is 13.2. The van der Waals surface area contributed by atoms with Crippen LogP contribution in [0.4, 0.5) is 4.39 Å². The lowest BCUT2D eigenvalue weighted by Crippen LogP contribution is -2.48. The Bertz CT molecular complexity index is 497. The Balaban J connectivity index is 2.07. The zero-order valence-corrected chi connectivity index (χ0v) is 11.4. The van der Waals surface area contributed by atoms with Crippen LogP contribution in [-0.4, -0.2) is 18.7 Å². The molecule has 0 radical (unpaired) electrons. The fourth-order valence-corrected chi connectivity index (χ4v) is 2.59. The summed E-state index contributed by atoms with van der Waals surface area (Å²) in [5, 5.41) is 12.4. The summed E-state index contributed by atoms with van der Waals surface area (Å²) >= 11 is 0. The summed E-state index contributed by atoms with van der Waals surface area (Å²) in [6, 6.07) is 7.12. The average Bonchev–Trinajstić information content (AvgIpc) is 2.43. The number of aryl methyl sites for hydroxylation is 1.